The van der Waals surface area contributed by atoms with Crippen LogP contribution in [0.3, 0.4) is 0 Å². The van der Waals surface area contributed by atoms with Gasteiger partial charge in [0.05, 0.1) is 11.1 Å². The second kappa shape index (κ2) is 7.39. The number of hydrogen-bond donors (Lipinski definition) is 2. The molecule has 112 valence electrons. The Morgan fingerprint density at radius 1 is 1.35 bits per heavy atom. The SMILES string of the molecule is NCC(c1cccc(Cl)c1F)C(O)CCC1CCCC1. The summed E-state index contributed by atoms with van der Waals surface area (Å²) in [5, 5.41) is 10.4. The summed E-state index contributed by atoms with van der Waals surface area (Å²) < 4.78 is 14.0. The van der Waals surface area contributed by atoms with Crippen LogP contribution < -0.4 is 5.73 Å². The van der Waals surface area contributed by atoms with Crippen molar-refractivity contribution in [1.29, 1.82) is 0 Å². The molecular weight excluding hydrogens is 277 g/mol. The van der Waals surface area contributed by atoms with Gasteiger partial charge in [-0.15, -0.1) is 0 Å². The van der Waals surface area contributed by atoms with E-state index in [9.17, 15) is 9.50 Å². The van der Waals surface area contributed by atoms with Gasteiger partial charge in [0.15, 0.2) is 0 Å². The summed E-state index contributed by atoms with van der Waals surface area (Å²) in [6.45, 7) is 0.225. The van der Waals surface area contributed by atoms with E-state index in [0.29, 0.717) is 17.9 Å². The van der Waals surface area contributed by atoms with Crippen molar-refractivity contribution in [2.45, 2.75) is 50.5 Å². The second-order valence-corrected chi connectivity index (χ2v) is 6.19. The van der Waals surface area contributed by atoms with Crippen molar-refractivity contribution < 1.29 is 9.50 Å². The highest BCUT2D eigenvalue weighted by Crippen LogP contribution is 2.32. The second-order valence-electron chi connectivity index (χ2n) is 5.78. The van der Waals surface area contributed by atoms with E-state index in [1.807, 2.05) is 0 Å². The molecular formula is C16H23ClFNO. The van der Waals surface area contributed by atoms with E-state index in [2.05, 4.69) is 0 Å². The lowest BCUT2D eigenvalue weighted by Crippen LogP contribution is -2.27. The molecule has 1 aliphatic carbocycles. The Hall–Kier alpha value is -0.640. The van der Waals surface area contributed by atoms with Crippen molar-refractivity contribution in [1.82, 2.24) is 0 Å². The largest absolute Gasteiger partial charge is 0.392 e. The summed E-state index contributed by atoms with van der Waals surface area (Å²) in [6, 6.07) is 4.88. The lowest BCUT2D eigenvalue weighted by molar-refractivity contribution is 0.125. The Morgan fingerprint density at radius 2 is 2.05 bits per heavy atom. The van der Waals surface area contributed by atoms with Gasteiger partial charge >= 0.3 is 0 Å². The summed E-state index contributed by atoms with van der Waals surface area (Å²) >= 11 is 5.80. The van der Waals surface area contributed by atoms with Crippen LogP contribution in [0.1, 0.15) is 50.0 Å². The number of nitrogens with two attached hydrogens (primary N) is 1. The van der Waals surface area contributed by atoms with Crippen LogP contribution in [-0.4, -0.2) is 17.8 Å². The third-order valence-corrected chi connectivity index (χ3v) is 4.74. The topological polar surface area (TPSA) is 46.2 Å². The molecule has 1 aromatic rings. The zero-order chi connectivity index (χ0) is 14.5. The van der Waals surface area contributed by atoms with Crippen LogP contribution in [0.25, 0.3) is 0 Å². The molecule has 1 aliphatic rings. The minimum Gasteiger partial charge on any atom is -0.392 e. The van der Waals surface area contributed by atoms with E-state index in [1.165, 1.54) is 31.7 Å². The monoisotopic (exact) mass is 299 g/mol. The van der Waals surface area contributed by atoms with E-state index in [-0.39, 0.29) is 17.5 Å². The lowest BCUT2D eigenvalue weighted by atomic mass is 9.88. The normalized spacial score (nSPS) is 19.2. The molecule has 0 aromatic heterocycles. The van der Waals surface area contributed by atoms with Crippen LogP contribution in [0.2, 0.25) is 5.02 Å². The molecule has 3 N–H and O–H groups in total. The number of aliphatic hydroxyl groups excluding tert-OH is 1. The maximum atomic E-state index is 14.0. The van der Waals surface area contributed by atoms with Crippen molar-refractivity contribution in [3.63, 3.8) is 0 Å². The first kappa shape index (κ1) is 15.7. The van der Waals surface area contributed by atoms with Crippen LogP contribution in [0.5, 0.6) is 0 Å². The quantitative estimate of drug-likeness (QED) is 0.838. The minimum absolute atomic E-state index is 0.0870. The van der Waals surface area contributed by atoms with Gasteiger partial charge in [-0.2, -0.15) is 0 Å². The zero-order valence-electron chi connectivity index (χ0n) is 11.7. The van der Waals surface area contributed by atoms with E-state index in [4.69, 9.17) is 17.3 Å². The minimum atomic E-state index is -0.603. The highest BCUT2D eigenvalue weighted by Gasteiger charge is 2.25. The van der Waals surface area contributed by atoms with Gasteiger partial charge in [-0.25, -0.2) is 4.39 Å². The molecule has 0 heterocycles. The molecule has 0 bridgehead atoms. The van der Waals surface area contributed by atoms with Gasteiger partial charge in [-0.3, -0.25) is 0 Å². The molecule has 2 rings (SSSR count). The number of rotatable bonds is 6. The summed E-state index contributed by atoms with van der Waals surface area (Å²) in [4.78, 5) is 0. The third-order valence-electron chi connectivity index (χ3n) is 4.44. The summed E-state index contributed by atoms with van der Waals surface area (Å²) in [7, 11) is 0. The molecule has 0 aliphatic heterocycles. The standard InChI is InChI=1S/C16H23ClFNO/c17-14-7-3-6-12(16(14)18)13(10-19)15(20)9-8-11-4-1-2-5-11/h3,6-7,11,13,15,20H,1-2,4-5,8-10,19H2. The number of aliphatic hydroxyl groups is 1. The van der Waals surface area contributed by atoms with Gasteiger partial charge in [0.1, 0.15) is 5.82 Å². The van der Waals surface area contributed by atoms with Crippen molar-refractivity contribution in [3.8, 4) is 0 Å². The summed E-state index contributed by atoms with van der Waals surface area (Å²) in [5.74, 6) is -0.119. The Labute approximate surface area is 125 Å². The zero-order valence-corrected chi connectivity index (χ0v) is 12.5. The average molecular weight is 300 g/mol. The third kappa shape index (κ3) is 3.72. The van der Waals surface area contributed by atoms with Crippen LogP contribution in [-0.2, 0) is 0 Å². The first-order valence-corrected chi connectivity index (χ1v) is 7.83. The van der Waals surface area contributed by atoms with Crippen LogP contribution in [0, 0.1) is 11.7 Å². The Balaban J connectivity index is 2.00. The van der Waals surface area contributed by atoms with Gasteiger partial charge in [0, 0.05) is 12.5 Å². The fourth-order valence-electron chi connectivity index (χ4n) is 3.20. The first-order chi connectivity index (χ1) is 9.63. The molecule has 2 nitrogen and oxygen atoms in total. The van der Waals surface area contributed by atoms with E-state index in [1.54, 1.807) is 12.1 Å². The van der Waals surface area contributed by atoms with Crippen molar-refractivity contribution >= 4 is 11.6 Å². The fraction of sp³-hybridized carbons (Fsp3) is 0.625. The highest BCUT2D eigenvalue weighted by molar-refractivity contribution is 6.30. The van der Waals surface area contributed by atoms with Crippen molar-refractivity contribution in [3.05, 3.63) is 34.6 Å². The van der Waals surface area contributed by atoms with Crippen molar-refractivity contribution in [2.24, 2.45) is 11.7 Å². The van der Waals surface area contributed by atoms with Crippen molar-refractivity contribution in [2.75, 3.05) is 6.54 Å². The maximum Gasteiger partial charge on any atom is 0.145 e. The van der Waals surface area contributed by atoms with Gasteiger partial charge in [0.2, 0.25) is 0 Å². The van der Waals surface area contributed by atoms with Gasteiger partial charge in [-0.05, 0) is 30.4 Å². The molecule has 1 saturated carbocycles. The Morgan fingerprint density at radius 3 is 2.70 bits per heavy atom. The summed E-state index contributed by atoms with van der Waals surface area (Å²) in [6.07, 6.45) is 6.18. The predicted octanol–water partition coefficient (Wildman–Crippen LogP) is 3.85. The Kier molecular flexibility index (Phi) is 5.82. The van der Waals surface area contributed by atoms with Crippen LogP contribution in [0.15, 0.2) is 18.2 Å². The highest BCUT2D eigenvalue weighted by atomic mass is 35.5. The molecule has 0 amide bonds. The molecule has 4 heteroatoms. The molecule has 1 aromatic carbocycles. The molecule has 2 atom stereocenters. The van der Waals surface area contributed by atoms with E-state index < -0.39 is 11.9 Å². The molecule has 0 saturated heterocycles. The smallest absolute Gasteiger partial charge is 0.145 e. The lowest BCUT2D eigenvalue weighted by Gasteiger charge is -2.23. The van der Waals surface area contributed by atoms with Gasteiger partial charge < -0.3 is 10.8 Å². The molecule has 2 unspecified atom stereocenters. The number of hydrogen-bond acceptors (Lipinski definition) is 2. The molecule has 0 radical (unpaired) electrons. The predicted molar refractivity (Wildman–Crippen MR) is 80.4 cm³/mol. The first-order valence-electron chi connectivity index (χ1n) is 7.45. The molecule has 20 heavy (non-hydrogen) atoms. The maximum absolute atomic E-state index is 14.0. The van der Waals surface area contributed by atoms with Gasteiger partial charge in [-0.1, -0.05) is 49.4 Å². The molecule has 1 fully saturated rings. The average Bonchev–Trinajstić information content (AvgIpc) is 2.95. The van der Waals surface area contributed by atoms with Crippen LogP contribution in [0.4, 0.5) is 4.39 Å². The summed E-state index contributed by atoms with van der Waals surface area (Å²) in [5.41, 5.74) is 6.17. The number of halogens is 2. The fourth-order valence-corrected chi connectivity index (χ4v) is 3.39. The van der Waals surface area contributed by atoms with Gasteiger partial charge in [0.25, 0.3) is 0 Å². The van der Waals surface area contributed by atoms with E-state index in [0.717, 1.165) is 6.42 Å². The Bertz CT molecular complexity index is 434. The number of benzene rings is 1. The van der Waals surface area contributed by atoms with Crippen LogP contribution >= 0.6 is 11.6 Å². The molecule has 0 spiro atoms. The van der Waals surface area contributed by atoms with E-state index >= 15 is 0 Å².